The van der Waals surface area contributed by atoms with Crippen LogP contribution in [-0.4, -0.2) is 42.8 Å². The molecule has 0 N–H and O–H groups in total. The van der Waals surface area contributed by atoms with Crippen LogP contribution >= 0.6 is 11.6 Å². The van der Waals surface area contributed by atoms with Gasteiger partial charge in [0, 0.05) is 17.1 Å². The van der Waals surface area contributed by atoms with Crippen LogP contribution in [0.15, 0.2) is 24.3 Å². The minimum Gasteiger partial charge on any atom is -0.335 e. The molecule has 2 aliphatic rings. The van der Waals surface area contributed by atoms with Crippen molar-refractivity contribution in [1.82, 2.24) is 4.90 Å². The first kappa shape index (κ1) is 19.7. The van der Waals surface area contributed by atoms with E-state index in [1.165, 1.54) is 0 Å². The molecule has 0 spiro atoms. The zero-order valence-electron chi connectivity index (χ0n) is 15.5. The zero-order valence-corrected chi connectivity index (χ0v) is 17.1. The van der Waals surface area contributed by atoms with E-state index in [9.17, 15) is 13.2 Å². The van der Waals surface area contributed by atoms with Gasteiger partial charge < -0.3 is 4.90 Å². The zero-order chi connectivity index (χ0) is 18.9. The van der Waals surface area contributed by atoms with Gasteiger partial charge in [0.05, 0.1) is 17.4 Å². The highest BCUT2D eigenvalue weighted by molar-refractivity contribution is 7.91. The first-order chi connectivity index (χ1) is 12.3. The molecule has 6 heteroatoms. The molecule has 4 nitrogen and oxygen atoms in total. The van der Waals surface area contributed by atoms with E-state index in [-0.39, 0.29) is 41.3 Å². The van der Waals surface area contributed by atoms with E-state index in [2.05, 4.69) is 13.8 Å². The number of carbonyl (C=O) groups is 1. The molecule has 1 aliphatic heterocycles. The Hall–Kier alpha value is -1.07. The van der Waals surface area contributed by atoms with Gasteiger partial charge in [-0.2, -0.15) is 0 Å². The van der Waals surface area contributed by atoms with E-state index in [0.29, 0.717) is 11.4 Å². The van der Waals surface area contributed by atoms with Crippen molar-refractivity contribution in [2.75, 3.05) is 11.5 Å². The Morgan fingerprint density at radius 2 is 1.69 bits per heavy atom. The third kappa shape index (κ3) is 4.25. The van der Waals surface area contributed by atoms with Gasteiger partial charge in [-0.05, 0) is 42.9 Å². The second-order valence-electron chi connectivity index (χ2n) is 8.01. The Bertz CT molecular complexity index is 739. The quantitative estimate of drug-likeness (QED) is 0.753. The molecule has 1 heterocycles. The molecule has 26 heavy (non-hydrogen) atoms. The summed E-state index contributed by atoms with van der Waals surface area (Å²) in [6, 6.07) is 7.48. The Morgan fingerprint density at radius 3 is 2.19 bits per heavy atom. The predicted octanol–water partition coefficient (Wildman–Crippen LogP) is 4.04. The molecule has 2 unspecified atom stereocenters. The Balaban J connectivity index is 1.92. The number of hydrogen-bond acceptors (Lipinski definition) is 3. The summed E-state index contributed by atoms with van der Waals surface area (Å²) in [7, 11) is -3.03. The van der Waals surface area contributed by atoms with Crippen molar-refractivity contribution in [3.8, 4) is 0 Å². The van der Waals surface area contributed by atoms with Crippen LogP contribution in [0.1, 0.15) is 57.4 Å². The highest BCUT2D eigenvalue weighted by Gasteiger charge is 2.41. The lowest BCUT2D eigenvalue weighted by Gasteiger charge is -2.38. The second-order valence-corrected chi connectivity index (χ2v) is 10.7. The summed E-state index contributed by atoms with van der Waals surface area (Å²) in [6.07, 6.45) is 4.75. The molecule has 1 saturated heterocycles. The van der Waals surface area contributed by atoms with E-state index in [1.54, 1.807) is 0 Å². The third-order valence-electron chi connectivity index (χ3n) is 5.74. The van der Waals surface area contributed by atoms with Crippen molar-refractivity contribution in [2.45, 2.75) is 64.0 Å². The van der Waals surface area contributed by atoms with Gasteiger partial charge >= 0.3 is 0 Å². The Labute approximate surface area is 161 Å². The first-order valence-electron chi connectivity index (χ1n) is 9.56. The minimum atomic E-state index is -3.03. The highest BCUT2D eigenvalue weighted by atomic mass is 35.5. The highest BCUT2D eigenvalue weighted by Crippen LogP contribution is 2.35. The van der Waals surface area contributed by atoms with Crippen molar-refractivity contribution in [3.63, 3.8) is 0 Å². The van der Waals surface area contributed by atoms with Crippen molar-refractivity contribution < 1.29 is 13.2 Å². The summed E-state index contributed by atoms with van der Waals surface area (Å²) < 4.78 is 24.1. The molecule has 1 aliphatic carbocycles. The lowest BCUT2D eigenvalue weighted by Crippen LogP contribution is -2.49. The fourth-order valence-corrected chi connectivity index (χ4v) is 6.32. The number of carbonyl (C=O) groups excluding carboxylic acids is 1. The number of halogens is 1. The molecular weight excluding hydrogens is 370 g/mol. The van der Waals surface area contributed by atoms with Gasteiger partial charge in [0.15, 0.2) is 9.84 Å². The largest absolute Gasteiger partial charge is 0.335 e. The monoisotopic (exact) mass is 397 g/mol. The van der Waals surface area contributed by atoms with Crippen LogP contribution in [0.4, 0.5) is 0 Å². The fraction of sp³-hybridized carbons (Fsp3) is 0.650. The summed E-state index contributed by atoms with van der Waals surface area (Å²) in [6.45, 7) is 4.10. The lowest BCUT2D eigenvalue weighted by molar-refractivity contribution is -0.138. The summed E-state index contributed by atoms with van der Waals surface area (Å²) in [4.78, 5) is 15.6. The van der Waals surface area contributed by atoms with Gasteiger partial charge in [-0.3, -0.25) is 4.79 Å². The van der Waals surface area contributed by atoms with Crippen LogP contribution in [-0.2, 0) is 14.6 Å². The standard InChI is InChI=1S/C20H28ClNO3S/c1-14(2)19(15-7-9-16(21)10-8-15)20(23)22(17-5-3-4-6-17)18-11-12-26(24,25)13-18/h7-10,14,17-19H,3-6,11-13H2,1-2H3. The van der Waals surface area contributed by atoms with Gasteiger partial charge in [-0.25, -0.2) is 8.42 Å². The molecule has 144 valence electrons. The van der Waals surface area contributed by atoms with Crippen LogP contribution in [0.5, 0.6) is 0 Å². The van der Waals surface area contributed by atoms with Gasteiger partial charge in [0.2, 0.25) is 5.91 Å². The van der Waals surface area contributed by atoms with Crippen molar-refractivity contribution in [3.05, 3.63) is 34.9 Å². The normalized spacial score (nSPS) is 24.1. The van der Waals surface area contributed by atoms with E-state index in [1.807, 2.05) is 29.2 Å². The van der Waals surface area contributed by atoms with Crippen LogP contribution in [0, 0.1) is 5.92 Å². The smallest absolute Gasteiger partial charge is 0.230 e. The lowest BCUT2D eigenvalue weighted by atomic mass is 9.86. The van der Waals surface area contributed by atoms with Gasteiger partial charge in [-0.1, -0.05) is 50.4 Å². The van der Waals surface area contributed by atoms with E-state index in [0.717, 1.165) is 31.2 Å². The van der Waals surface area contributed by atoms with Gasteiger partial charge in [0.1, 0.15) is 0 Å². The number of amides is 1. The van der Waals surface area contributed by atoms with Crippen molar-refractivity contribution >= 4 is 27.3 Å². The maximum atomic E-state index is 13.7. The SMILES string of the molecule is CC(C)C(C(=O)N(C1CCCC1)C1CCS(=O)(=O)C1)c1ccc(Cl)cc1. The van der Waals surface area contributed by atoms with E-state index in [4.69, 9.17) is 11.6 Å². The maximum Gasteiger partial charge on any atom is 0.230 e. The average Bonchev–Trinajstić information content (AvgIpc) is 3.20. The molecule has 1 aromatic carbocycles. The van der Waals surface area contributed by atoms with Crippen LogP contribution in [0.25, 0.3) is 0 Å². The van der Waals surface area contributed by atoms with Crippen LogP contribution in [0.3, 0.4) is 0 Å². The van der Waals surface area contributed by atoms with Crippen LogP contribution < -0.4 is 0 Å². The molecule has 3 rings (SSSR count). The Morgan fingerprint density at radius 1 is 1.08 bits per heavy atom. The van der Waals surface area contributed by atoms with Crippen molar-refractivity contribution in [2.24, 2.45) is 5.92 Å². The molecule has 0 bridgehead atoms. The van der Waals surface area contributed by atoms with Gasteiger partial charge in [0.25, 0.3) is 0 Å². The topological polar surface area (TPSA) is 54.5 Å². The molecule has 0 radical (unpaired) electrons. The fourth-order valence-electron chi connectivity index (χ4n) is 4.48. The molecule has 1 aromatic rings. The predicted molar refractivity (Wildman–Crippen MR) is 105 cm³/mol. The van der Waals surface area contributed by atoms with E-state index >= 15 is 0 Å². The third-order valence-corrected chi connectivity index (χ3v) is 7.74. The number of hydrogen-bond donors (Lipinski definition) is 0. The molecule has 2 fully saturated rings. The summed E-state index contributed by atoms with van der Waals surface area (Å²) in [5, 5.41) is 0.651. The molecule has 2 atom stereocenters. The molecule has 1 saturated carbocycles. The molecule has 0 aromatic heterocycles. The van der Waals surface area contributed by atoms with Gasteiger partial charge in [-0.15, -0.1) is 0 Å². The maximum absolute atomic E-state index is 13.7. The number of sulfone groups is 1. The summed E-state index contributed by atoms with van der Waals surface area (Å²) in [5.41, 5.74) is 0.957. The Kier molecular flexibility index (Phi) is 5.97. The minimum absolute atomic E-state index is 0.0799. The number of nitrogens with zero attached hydrogens (tertiary/aromatic N) is 1. The first-order valence-corrected chi connectivity index (χ1v) is 11.8. The summed E-state index contributed by atoms with van der Waals surface area (Å²) in [5.74, 6) is 0.250. The number of rotatable bonds is 5. The van der Waals surface area contributed by atoms with Crippen LogP contribution in [0.2, 0.25) is 5.02 Å². The van der Waals surface area contributed by atoms with Crippen molar-refractivity contribution in [1.29, 1.82) is 0 Å². The second kappa shape index (κ2) is 7.89. The summed E-state index contributed by atoms with van der Waals surface area (Å²) >= 11 is 6.01. The average molecular weight is 398 g/mol. The number of benzene rings is 1. The molecule has 1 amide bonds. The molecular formula is C20H28ClNO3S. The van der Waals surface area contributed by atoms with E-state index < -0.39 is 9.84 Å².